The topological polar surface area (TPSA) is 37.3 Å². The summed E-state index contributed by atoms with van der Waals surface area (Å²) in [5, 5.41) is 9.65. The van der Waals surface area contributed by atoms with Gasteiger partial charge in [0.05, 0.1) is 19.6 Å². The fourth-order valence-electron chi connectivity index (χ4n) is 4.54. The van der Waals surface area contributed by atoms with E-state index in [1.165, 1.54) is 116 Å². The van der Waals surface area contributed by atoms with Gasteiger partial charge >= 0.3 is 5.97 Å². The Morgan fingerprint density at radius 1 is 0.517 bits per heavy atom. The fourth-order valence-corrected chi connectivity index (χ4v) is 4.54. The van der Waals surface area contributed by atoms with Crippen LogP contribution in [0.25, 0.3) is 0 Å². The van der Waals surface area contributed by atoms with Crippen molar-refractivity contribution in [1.29, 1.82) is 0 Å². The quantitative estimate of drug-likeness (QED) is 0.136. The first kappa shape index (κ1) is 28.4. The zero-order valence-corrected chi connectivity index (χ0v) is 20.4. The molecular formula is C26H54NO2+. The summed E-state index contributed by atoms with van der Waals surface area (Å²) in [6.07, 6.45) is 23.2. The van der Waals surface area contributed by atoms with E-state index in [1.807, 2.05) is 0 Å². The van der Waals surface area contributed by atoms with Crippen LogP contribution in [0.5, 0.6) is 0 Å². The summed E-state index contributed by atoms with van der Waals surface area (Å²) in [5.74, 6) is -0.604. The Morgan fingerprint density at radius 2 is 0.793 bits per heavy atom. The number of carboxylic acids is 1. The molecule has 174 valence electrons. The standard InChI is InChI=1S/C26H53NO2/c1-4-7-10-13-16-19-22-27(25-26(28)29,23-20-17-14-11-8-5-2)24-21-18-15-12-9-6-3/h4-25H2,1-3H3/p+1. The van der Waals surface area contributed by atoms with Crippen molar-refractivity contribution in [2.75, 3.05) is 26.2 Å². The van der Waals surface area contributed by atoms with E-state index in [9.17, 15) is 9.90 Å². The number of hydrogen-bond acceptors (Lipinski definition) is 1. The lowest BCUT2D eigenvalue weighted by Crippen LogP contribution is -2.53. The Kier molecular flexibility index (Phi) is 20.3. The van der Waals surface area contributed by atoms with Crippen LogP contribution in [0.3, 0.4) is 0 Å². The molecule has 3 heteroatoms. The maximum Gasteiger partial charge on any atom is 0.359 e. The molecule has 0 saturated carbocycles. The molecule has 0 aliphatic carbocycles. The molecular weight excluding hydrogens is 358 g/mol. The van der Waals surface area contributed by atoms with Gasteiger partial charge in [-0.15, -0.1) is 0 Å². The molecule has 0 aromatic carbocycles. The van der Waals surface area contributed by atoms with Crippen LogP contribution in [0.2, 0.25) is 0 Å². The Balaban J connectivity index is 4.59. The third kappa shape index (κ3) is 18.0. The van der Waals surface area contributed by atoms with Crippen molar-refractivity contribution in [1.82, 2.24) is 0 Å². The Hall–Kier alpha value is -0.570. The second-order valence-electron chi connectivity index (χ2n) is 9.37. The summed E-state index contributed by atoms with van der Waals surface area (Å²) in [7, 11) is 0. The van der Waals surface area contributed by atoms with Crippen molar-refractivity contribution in [2.45, 2.75) is 136 Å². The summed E-state index contributed by atoms with van der Waals surface area (Å²) < 4.78 is 0.838. The average Bonchev–Trinajstić information content (AvgIpc) is 2.69. The molecule has 0 aliphatic rings. The van der Waals surface area contributed by atoms with Crippen LogP contribution >= 0.6 is 0 Å². The van der Waals surface area contributed by atoms with E-state index in [1.54, 1.807) is 0 Å². The lowest BCUT2D eigenvalue weighted by Gasteiger charge is -2.38. The van der Waals surface area contributed by atoms with Crippen molar-refractivity contribution in [3.63, 3.8) is 0 Å². The maximum absolute atomic E-state index is 11.7. The van der Waals surface area contributed by atoms with Crippen LogP contribution in [-0.2, 0) is 4.79 Å². The lowest BCUT2D eigenvalue weighted by atomic mass is 10.1. The third-order valence-corrected chi connectivity index (χ3v) is 6.43. The second-order valence-corrected chi connectivity index (χ2v) is 9.37. The van der Waals surface area contributed by atoms with E-state index in [0.29, 0.717) is 6.54 Å². The van der Waals surface area contributed by atoms with E-state index in [-0.39, 0.29) is 0 Å². The van der Waals surface area contributed by atoms with Crippen LogP contribution in [-0.4, -0.2) is 41.7 Å². The molecule has 1 N–H and O–H groups in total. The first-order valence-electron chi connectivity index (χ1n) is 13.2. The van der Waals surface area contributed by atoms with Crippen molar-refractivity contribution in [3.05, 3.63) is 0 Å². The SMILES string of the molecule is CCCCCCCC[N+](CCCCCCCC)(CCCCCCCC)CC(=O)O. The molecule has 29 heavy (non-hydrogen) atoms. The second kappa shape index (κ2) is 20.7. The van der Waals surface area contributed by atoms with Gasteiger partial charge in [-0.2, -0.15) is 0 Å². The monoisotopic (exact) mass is 412 g/mol. The van der Waals surface area contributed by atoms with Gasteiger partial charge in [-0.3, -0.25) is 0 Å². The predicted molar refractivity (Wildman–Crippen MR) is 127 cm³/mol. The molecule has 0 saturated heterocycles. The number of nitrogens with zero attached hydrogens (tertiary/aromatic N) is 1. The Labute approximate surface area is 183 Å². The highest BCUT2D eigenvalue weighted by Gasteiger charge is 2.29. The molecule has 0 unspecified atom stereocenters. The number of aliphatic carboxylic acids is 1. The number of carbonyl (C=O) groups is 1. The zero-order chi connectivity index (χ0) is 21.6. The molecule has 0 aromatic heterocycles. The first-order valence-corrected chi connectivity index (χ1v) is 13.2. The molecule has 3 nitrogen and oxygen atoms in total. The van der Waals surface area contributed by atoms with Gasteiger partial charge in [0.25, 0.3) is 0 Å². The van der Waals surface area contributed by atoms with Crippen molar-refractivity contribution >= 4 is 5.97 Å². The Bertz CT molecular complexity index is 316. The summed E-state index contributed by atoms with van der Waals surface area (Å²) in [6, 6.07) is 0. The van der Waals surface area contributed by atoms with Gasteiger partial charge in [-0.25, -0.2) is 4.79 Å². The smallest absolute Gasteiger partial charge is 0.359 e. The van der Waals surface area contributed by atoms with Crippen LogP contribution in [0.15, 0.2) is 0 Å². The molecule has 0 fully saturated rings. The number of quaternary nitrogens is 1. The van der Waals surface area contributed by atoms with E-state index >= 15 is 0 Å². The number of carboxylic acid groups (broad SMARTS) is 1. The number of rotatable bonds is 23. The van der Waals surface area contributed by atoms with Gasteiger partial charge in [-0.1, -0.05) is 97.8 Å². The summed E-state index contributed by atoms with van der Waals surface area (Å²) in [5.41, 5.74) is 0. The van der Waals surface area contributed by atoms with Crippen LogP contribution in [0.4, 0.5) is 0 Å². The van der Waals surface area contributed by atoms with Gasteiger partial charge in [0.1, 0.15) is 0 Å². The van der Waals surface area contributed by atoms with Gasteiger partial charge in [0.15, 0.2) is 6.54 Å². The van der Waals surface area contributed by atoms with E-state index in [0.717, 1.165) is 24.1 Å². The van der Waals surface area contributed by atoms with Gasteiger partial charge < -0.3 is 9.59 Å². The fraction of sp³-hybridized carbons (Fsp3) is 0.962. The lowest BCUT2D eigenvalue weighted by molar-refractivity contribution is -0.922. The van der Waals surface area contributed by atoms with Crippen LogP contribution < -0.4 is 0 Å². The molecule has 0 spiro atoms. The largest absolute Gasteiger partial charge is 0.477 e. The van der Waals surface area contributed by atoms with Crippen LogP contribution in [0, 0.1) is 0 Å². The third-order valence-electron chi connectivity index (χ3n) is 6.43. The number of unbranched alkanes of at least 4 members (excludes halogenated alkanes) is 15. The highest BCUT2D eigenvalue weighted by molar-refractivity contribution is 5.67. The number of hydrogen-bond donors (Lipinski definition) is 1. The minimum Gasteiger partial charge on any atom is -0.477 e. The molecule has 0 radical (unpaired) electrons. The summed E-state index contributed by atoms with van der Waals surface area (Å²) in [6.45, 7) is 10.3. The predicted octanol–water partition coefficient (Wildman–Crippen LogP) is 7.97. The van der Waals surface area contributed by atoms with E-state index < -0.39 is 5.97 Å². The molecule has 0 aromatic rings. The molecule has 0 aliphatic heterocycles. The molecule has 0 atom stereocenters. The first-order chi connectivity index (χ1) is 14.1. The van der Waals surface area contributed by atoms with E-state index in [4.69, 9.17) is 0 Å². The van der Waals surface area contributed by atoms with Gasteiger partial charge in [0.2, 0.25) is 0 Å². The van der Waals surface area contributed by atoms with E-state index in [2.05, 4.69) is 20.8 Å². The van der Waals surface area contributed by atoms with Gasteiger partial charge in [0, 0.05) is 0 Å². The minimum absolute atomic E-state index is 0.332. The van der Waals surface area contributed by atoms with Crippen molar-refractivity contribution in [3.8, 4) is 0 Å². The van der Waals surface area contributed by atoms with Gasteiger partial charge in [-0.05, 0) is 38.5 Å². The molecule has 0 bridgehead atoms. The minimum atomic E-state index is -0.604. The zero-order valence-electron chi connectivity index (χ0n) is 20.4. The summed E-state index contributed by atoms with van der Waals surface area (Å²) >= 11 is 0. The summed E-state index contributed by atoms with van der Waals surface area (Å²) in [4.78, 5) is 11.7. The highest BCUT2D eigenvalue weighted by Crippen LogP contribution is 2.18. The van der Waals surface area contributed by atoms with Crippen molar-refractivity contribution < 1.29 is 14.4 Å². The maximum atomic E-state index is 11.7. The Morgan fingerprint density at radius 3 is 1.07 bits per heavy atom. The average molecular weight is 413 g/mol. The van der Waals surface area contributed by atoms with Crippen molar-refractivity contribution in [2.24, 2.45) is 0 Å². The molecule has 0 amide bonds. The molecule has 0 heterocycles. The molecule has 0 rings (SSSR count). The highest BCUT2D eigenvalue weighted by atomic mass is 16.4. The van der Waals surface area contributed by atoms with Crippen LogP contribution in [0.1, 0.15) is 136 Å². The normalized spacial score (nSPS) is 11.8.